The molecule has 1 aromatic heterocycles. The molecule has 0 amide bonds. The van der Waals surface area contributed by atoms with Crippen LogP contribution in [0.2, 0.25) is 0 Å². The lowest BCUT2D eigenvalue weighted by molar-refractivity contribution is -0.187. The van der Waals surface area contributed by atoms with Crippen LogP contribution in [0.1, 0.15) is 25.3 Å². The van der Waals surface area contributed by atoms with Gasteiger partial charge in [-0.15, -0.1) is 10.2 Å². The average molecular weight is 479 g/mol. The molecule has 12 heteroatoms. The van der Waals surface area contributed by atoms with Crippen LogP contribution < -0.4 is 5.32 Å². The largest absolute Gasteiger partial charge is 0.463 e. The lowest BCUT2D eigenvalue weighted by Crippen LogP contribution is -2.46. The number of aliphatic hydroxyl groups is 1. The molecule has 180 valence electrons. The Morgan fingerprint density at radius 1 is 0.971 bits per heavy atom. The fraction of sp³-hybridized carbons (Fsp3) is 0.273. The van der Waals surface area contributed by atoms with E-state index in [9.17, 15) is 27.9 Å². The average Bonchev–Trinajstić information content (AvgIpc) is 3.29. The van der Waals surface area contributed by atoms with Crippen LogP contribution >= 0.6 is 0 Å². The summed E-state index contributed by atoms with van der Waals surface area (Å²) in [4.78, 5) is 24.7. The summed E-state index contributed by atoms with van der Waals surface area (Å²) in [5.41, 5.74) is -2.78. The van der Waals surface area contributed by atoms with Gasteiger partial charge in [0.25, 0.3) is 5.89 Å². The molecule has 9 nitrogen and oxygen atoms in total. The summed E-state index contributed by atoms with van der Waals surface area (Å²) in [5, 5.41) is 21.2. The first-order chi connectivity index (χ1) is 16.1. The number of nitrogens with one attached hydrogen (secondary N) is 1. The number of alkyl halides is 3. The maximum Gasteiger partial charge on any atom is 0.416 e. The maximum absolute atomic E-state index is 12.8. The van der Waals surface area contributed by atoms with Gasteiger partial charge in [-0.3, -0.25) is 0 Å². The molecule has 2 N–H and O–H groups in total. The van der Waals surface area contributed by atoms with Crippen molar-refractivity contribution in [2.45, 2.75) is 25.6 Å². The minimum atomic E-state index is -4.47. The first-order valence-electron chi connectivity index (χ1n) is 10.1. The van der Waals surface area contributed by atoms with E-state index in [1.165, 1.54) is 26.0 Å². The van der Waals surface area contributed by atoms with Crippen LogP contribution in [0, 0.1) is 0 Å². The fourth-order valence-electron chi connectivity index (χ4n) is 2.88. The molecule has 0 unspecified atom stereocenters. The van der Waals surface area contributed by atoms with E-state index in [1.807, 2.05) is 0 Å². The van der Waals surface area contributed by atoms with Crippen molar-refractivity contribution in [3.05, 3.63) is 60.0 Å². The monoisotopic (exact) mass is 479 g/mol. The number of carbonyl (C=O) groups is 2. The number of nitrogens with zero attached hydrogens (tertiary/aromatic N) is 2. The molecule has 0 aliphatic carbocycles. The predicted molar refractivity (Wildman–Crippen MR) is 112 cm³/mol. The molecule has 0 saturated heterocycles. The molecule has 0 radical (unpaired) electrons. The van der Waals surface area contributed by atoms with Crippen molar-refractivity contribution in [1.82, 2.24) is 10.2 Å². The maximum atomic E-state index is 12.8. The summed E-state index contributed by atoms with van der Waals surface area (Å²) in [6, 6.07) is 10.8. The minimum absolute atomic E-state index is 0.137. The fourth-order valence-corrected chi connectivity index (χ4v) is 2.88. The molecule has 0 aliphatic rings. The summed E-state index contributed by atoms with van der Waals surface area (Å²) in [5.74, 6) is -3.64. The zero-order valence-electron chi connectivity index (χ0n) is 18.0. The number of hydrogen-bond donors (Lipinski definition) is 2. The Morgan fingerprint density at radius 2 is 1.56 bits per heavy atom. The van der Waals surface area contributed by atoms with Crippen molar-refractivity contribution >= 4 is 23.3 Å². The third-order valence-corrected chi connectivity index (χ3v) is 4.52. The van der Waals surface area contributed by atoms with E-state index in [-0.39, 0.29) is 24.7 Å². The number of anilines is 2. The van der Waals surface area contributed by atoms with Crippen molar-refractivity contribution in [2.24, 2.45) is 0 Å². The highest BCUT2D eigenvalue weighted by molar-refractivity contribution is 6.03. The van der Waals surface area contributed by atoms with Gasteiger partial charge in [0.2, 0.25) is 5.89 Å². The summed E-state index contributed by atoms with van der Waals surface area (Å²) in [6.45, 7) is 2.68. The first-order valence-corrected chi connectivity index (χ1v) is 10.1. The van der Waals surface area contributed by atoms with Gasteiger partial charge in [-0.1, -0.05) is 12.1 Å². The quantitative estimate of drug-likeness (QED) is 0.367. The van der Waals surface area contributed by atoms with Gasteiger partial charge < -0.3 is 24.3 Å². The Bertz CT molecular complexity index is 1140. The standard InChI is InChI=1S/C22H20F3N3O6/c1-3-32-19(29)21(31,20(30)33-4-2)18-28-27-17(34-18)15-7-5-6-8-16(15)26-14-11-9-13(10-12-14)22(23,24)25/h5-12,26,31H,3-4H2,1-2H3. The van der Waals surface area contributed by atoms with Crippen molar-refractivity contribution in [3.8, 4) is 11.5 Å². The van der Waals surface area contributed by atoms with Gasteiger partial charge in [-0.05, 0) is 50.2 Å². The Balaban J connectivity index is 1.95. The summed E-state index contributed by atoms with van der Waals surface area (Å²) < 4.78 is 53.4. The van der Waals surface area contributed by atoms with Gasteiger partial charge >= 0.3 is 23.7 Å². The Morgan fingerprint density at radius 3 is 2.12 bits per heavy atom. The van der Waals surface area contributed by atoms with Gasteiger partial charge in [0.1, 0.15) is 0 Å². The number of rotatable bonds is 8. The molecule has 1 heterocycles. The number of esters is 2. The van der Waals surface area contributed by atoms with Crippen LogP contribution in [0.15, 0.2) is 52.9 Å². The zero-order valence-corrected chi connectivity index (χ0v) is 18.0. The van der Waals surface area contributed by atoms with Crippen molar-refractivity contribution in [1.29, 1.82) is 0 Å². The molecular weight excluding hydrogens is 459 g/mol. The van der Waals surface area contributed by atoms with Crippen LogP contribution in [-0.2, 0) is 30.8 Å². The topological polar surface area (TPSA) is 124 Å². The molecule has 3 rings (SSSR count). The molecule has 34 heavy (non-hydrogen) atoms. The van der Waals surface area contributed by atoms with E-state index >= 15 is 0 Å². The minimum Gasteiger partial charge on any atom is -0.463 e. The number of hydrogen-bond acceptors (Lipinski definition) is 9. The highest BCUT2D eigenvalue weighted by Gasteiger charge is 2.54. The third-order valence-electron chi connectivity index (χ3n) is 4.52. The van der Waals surface area contributed by atoms with E-state index in [2.05, 4.69) is 15.5 Å². The van der Waals surface area contributed by atoms with E-state index in [1.54, 1.807) is 24.3 Å². The Kier molecular flexibility index (Phi) is 7.20. The smallest absolute Gasteiger partial charge is 0.416 e. The second kappa shape index (κ2) is 9.91. The van der Waals surface area contributed by atoms with Crippen molar-refractivity contribution in [2.75, 3.05) is 18.5 Å². The summed E-state index contributed by atoms with van der Waals surface area (Å²) in [6.07, 6.45) is -4.47. The molecule has 3 aromatic rings. The Labute approximate surface area is 191 Å². The molecule has 0 spiro atoms. The van der Waals surface area contributed by atoms with Crippen LogP contribution in [0.4, 0.5) is 24.5 Å². The lowest BCUT2D eigenvalue weighted by Gasteiger charge is -2.19. The van der Waals surface area contributed by atoms with Crippen molar-refractivity contribution in [3.63, 3.8) is 0 Å². The number of para-hydroxylation sites is 1. The summed E-state index contributed by atoms with van der Waals surface area (Å²) in [7, 11) is 0. The molecule has 2 aromatic carbocycles. The number of benzene rings is 2. The number of carbonyl (C=O) groups excluding carboxylic acids is 2. The third kappa shape index (κ3) is 5.01. The highest BCUT2D eigenvalue weighted by Crippen LogP contribution is 2.34. The Hall–Kier alpha value is -3.93. The lowest BCUT2D eigenvalue weighted by atomic mass is 10.1. The van der Waals surface area contributed by atoms with Crippen LogP contribution in [0.25, 0.3) is 11.5 Å². The van der Waals surface area contributed by atoms with E-state index in [0.29, 0.717) is 11.4 Å². The zero-order chi connectivity index (χ0) is 24.9. The predicted octanol–water partition coefficient (Wildman–Crippen LogP) is 3.81. The van der Waals surface area contributed by atoms with Crippen molar-refractivity contribution < 1.29 is 41.8 Å². The van der Waals surface area contributed by atoms with Gasteiger partial charge in [-0.2, -0.15) is 13.2 Å². The summed E-state index contributed by atoms with van der Waals surface area (Å²) >= 11 is 0. The molecule has 0 saturated carbocycles. The molecule has 0 aliphatic heterocycles. The van der Waals surface area contributed by atoms with E-state index in [0.717, 1.165) is 12.1 Å². The van der Waals surface area contributed by atoms with Gasteiger partial charge in [0.15, 0.2) is 0 Å². The van der Waals surface area contributed by atoms with Crippen LogP contribution in [-0.4, -0.2) is 40.5 Å². The van der Waals surface area contributed by atoms with E-state index < -0.39 is 35.2 Å². The number of aromatic nitrogens is 2. The number of ether oxygens (including phenoxy) is 2. The van der Waals surface area contributed by atoms with Gasteiger partial charge in [0.05, 0.1) is 30.0 Å². The van der Waals surface area contributed by atoms with Gasteiger partial charge in [-0.25, -0.2) is 9.59 Å². The highest BCUT2D eigenvalue weighted by atomic mass is 19.4. The second-order valence-electron chi connectivity index (χ2n) is 6.81. The van der Waals surface area contributed by atoms with Gasteiger partial charge in [0, 0.05) is 5.69 Å². The first kappa shape index (κ1) is 24.7. The SMILES string of the molecule is CCOC(=O)C(O)(C(=O)OCC)c1nnc(-c2ccccc2Nc2ccc(C(F)(F)F)cc2)o1. The normalized spacial score (nSPS) is 11.7. The molecule has 0 atom stereocenters. The number of halogens is 3. The molecule has 0 bridgehead atoms. The molecule has 0 fully saturated rings. The van der Waals surface area contributed by atoms with Crippen LogP contribution in [0.3, 0.4) is 0 Å². The van der Waals surface area contributed by atoms with E-state index in [4.69, 9.17) is 13.9 Å². The molecular formula is C22H20F3N3O6. The van der Waals surface area contributed by atoms with Crippen LogP contribution in [0.5, 0.6) is 0 Å². The second-order valence-corrected chi connectivity index (χ2v) is 6.81.